The van der Waals surface area contributed by atoms with Gasteiger partial charge in [0.05, 0.1) is 39.1 Å². The Hall–Kier alpha value is -4.12. The molecule has 2 heterocycles. The lowest BCUT2D eigenvalue weighted by molar-refractivity contribution is 0.0640. The highest BCUT2D eigenvalue weighted by Crippen LogP contribution is 2.31. The van der Waals surface area contributed by atoms with Crippen molar-refractivity contribution in [2.45, 2.75) is 11.4 Å². The van der Waals surface area contributed by atoms with Crippen LogP contribution in [0.15, 0.2) is 59.6 Å². The first-order valence-corrected chi connectivity index (χ1v) is 11.5. The number of pyridine rings is 1. The van der Waals surface area contributed by atoms with E-state index in [4.69, 9.17) is 14.2 Å². The van der Waals surface area contributed by atoms with E-state index in [1.807, 2.05) is 0 Å². The largest absolute Gasteiger partial charge is 0.497 e. The number of aromatic nitrogens is 1. The van der Waals surface area contributed by atoms with Crippen molar-refractivity contribution in [3.8, 4) is 17.2 Å². The molecule has 1 aliphatic rings. The summed E-state index contributed by atoms with van der Waals surface area (Å²) in [4.78, 5) is 30.2. The number of sulfonamides is 1. The second kappa shape index (κ2) is 9.02. The Morgan fingerprint density at radius 1 is 0.912 bits per heavy atom. The molecule has 1 N–H and O–H groups in total. The molecule has 4 rings (SSSR count). The van der Waals surface area contributed by atoms with E-state index >= 15 is 0 Å². The SMILES string of the molecule is COc1cc(NS(=O)(=O)c2cc(CN3C(=O)c4cccnc4C3=O)ccc2OC)cc(OC)c1. The van der Waals surface area contributed by atoms with Crippen molar-refractivity contribution < 1.29 is 32.2 Å². The molecular weight excluding hydrogens is 462 g/mol. The molecule has 0 saturated carbocycles. The van der Waals surface area contributed by atoms with E-state index in [1.54, 1.807) is 18.2 Å². The van der Waals surface area contributed by atoms with Crippen molar-refractivity contribution in [1.29, 1.82) is 0 Å². The molecule has 1 aromatic heterocycles. The van der Waals surface area contributed by atoms with Gasteiger partial charge < -0.3 is 14.2 Å². The minimum Gasteiger partial charge on any atom is -0.497 e. The Balaban J connectivity index is 1.66. The molecular formula is C23H21N3O7S. The van der Waals surface area contributed by atoms with Crippen molar-refractivity contribution in [2.75, 3.05) is 26.1 Å². The van der Waals surface area contributed by atoms with Gasteiger partial charge in [-0.05, 0) is 29.8 Å². The van der Waals surface area contributed by atoms with Crippen LogP contribution in [0.5, 0.6) is 17.2 Å². The van der Waals surface area contributed by atoms with Crippen LogP contribution in [0.25, 0.3) is 0 Å². The maximum Gasteiger partial charge on any atom is 0.280 e. The first kappa shape index (κ1) is 23.1. The van der Waals surface area contributed by atoms with Gasteiger partial charge in [0.15, 0.2) is 0 Å². The normalized spacial score (nSPS) is 13.0. The van der Waals surface area contributed by atoms with Gasteiger partial charge in [-0.1, -0.05) is 6.07 Å². The molecule has 176 valence electrons. The molecule has 3 aromatic rings. The van der Waals surface area contributed by atoms with Gasteiger partial charge in [-0.3, -0.25) is 24.2 Å². The molecule has 0 spiro atoms. The summed E-state index contributed by atoms with van der Waals surface area (Å²) in [6.07, 6.45) is 1.44. The molecule has 0 unspecified atom stereocenters. The summed E-state index contributed by atoms with van der Waals surface area (Å²) in [6.45, 7) is -0.131. The zero-order valence-electron chi connectivity index (χ0n) is 18.6. The number of ether oxygens (including phenoxy) is 3. The highest BCUT2D eigenvalue weighted by Gasteiger charge is 2.36. The van der Waals surface area contributed by atoms with Crippen LogP contribution < -0.4 is 18.9 Å². The van der Waals surface area contributed by atoms with Crippen LogP contribution in [0, 0.1) is 0 Å². The van der Waals surface area contributed by atoms with Crippen molar-refractivity contribution >= 4 is 27.5 Å². The van der Waals surface area contributed by atoms with Crippen LogP contribution in [0.3, 0.4) is 0 Å². The lowest BCUT2D eigenvalue weighted by Gasteiger charge is -2.17. The fourth-order valence-corrected chi connectivity index (χ4v) is 4.81. The molecule has 11 heteroatoms. The number of rotatable bonds is 8. The fourth-order valence-electron chi connectivity index (χ4n) is 3.55. The van der Waals surface area contributed by atoms with E-state index < -0.39 is 21.8 Å². The van der Waals surface area contributed by atoms with Gasteiger partial charge in [0, 0.05) is 24.4 Å². The molecule has 0 radical (unpaired) electrons. The van der Waals surface area contributed by atoms with E-state index in [0.717, 1.165) is 4.90 Å². The molecule has 0 atom stereocenters. The van der Waals surface area contributed by atoms with E-state index in [9.17, 15) is 18.0 Å². The number of carbonyl (C=O) groups excluding carboxylic acids is 2. The first-order valence-electron chi connectivity index (χ1n) is 10.0. The molecule has 1 aliphatic heterocycles. The third kappa shape index (κ3) is 4.25. The quantitative estimate of drug-likeness (QED) is 0.485. The molecule has 0 aliphatic carbocycles. The Labute approximate surface area is 196 Å². The first-order chi connectivity index (χ1) is 16.3. The number of amides is 2. The van der Waals surface area contributed by atoms with Crippen LogP contribution in [-0.4, -0.2) is 51.4 Å². The zero-order valence-corrected chi connectivity index (χ0v) is 19.4. The maximum absolute atomic E-state index is 13.2. The van der Waals surface area contributed by atoms with E-state index in [2.05, 4.69) is 9.71 Å². The Bertz CT molecular complexity index is 1330. The van der Waals surface area contributed by atoms with Crippen molar-refractivity contribution in [2.24, 2.45) is 0 Å². The minimum atomic E-state index is -4.13. The number of hydrogen-bond acceptors (Lipinski definition) is 8. The molecule has 10 nitrogen and oxygen atoms in total. The molecule has 34 heavy (non-hydrogen) atoms. The van der Waals surface area contributed by atoms with Crippen LogP contribution in [-0.2, 0) is 16.6 Å². The van der Waals surface area contributed by atoms with Gasteiger partial charge in [0.2, 0.25) is 0 Å². The monoisotopic (exact) mass is 483 g/mol. The minimum absolute atomic E-state index is 0.0718. The van der Waals surface area contributed by atoms with Gasteiger partial charge in [-0.25, -0.2) is 8.42 Å². The summed E-state index contributed by atoms with van der Waals surface area (Å²) in [7, 11) is 0.121. The number of imide groups is 1. The van der Waals surface area contributed by atoms with E-state index in [1.165, 1.54) is 57.9 Å². The lowest BCUT2D eigenvalue weighted by atomic mass is 10.2. The number of carbonyl (C=O) groups is 2. The van der Waals surface area contributed by atoms with Gasteiger partial charge >= 0.3 is 0 Å². The number of hydrogen-bond donors (Lipinski definition) is 1. The number of methoxy groups -OCH3 is 3. The predicted molar refractivity (Wildman–Crippen MR) is 122 cm³/mol. The third-order valence-corrected chi connectivity index (χ3v) is 6.60. The third-order valence-electron chi connectivity index (χ3n) is 5.19. The Morgan fingerprint density at radius 3 is 2.24 bits per heavy atom. The number of benzene rings is 2. The summed E-state index contributed by atoms with van der Waals surface area (Å²) < 4.78 is 44.6. The molecule has 2 aromatic carbocycles. The standard InChI is InChI=1S/C23H21N3O7S/c1-31-16-10-15(11-17(12-16)32-2)25-34(29,30)20-9-14(6-7-19(20)33-3)13-26-22(27)18-5-4-8-24-21(18)23(26)28/h4-12,25H,13H2,1-3H3. The fraction of sp³-hybridized carbons (Fsp3) is 0.174. The summed E-state index contributed by atoms with van der Waals surface area (Å²) in [5.41, 5.74) is 0.916. The number of nitrogens with zero attached hydrogens (tertiary/aromatic N) is 2. The van der Waals surface area contributed by atoms with E-state index in [-0.39, 0.29) is 34.1 Å². The second-order valence-corrected chi connectivity index (χ2v) is 8.94. The summed E-state index contributed by atoms with van der Waals surface area (Å²) in [5, 5.41) is 0. The number of nitrogens with one attached hydrogen (secondary N) is 1. The van der Waals surface area contributed by atoms with Gasteiger partial charge in [0.1, 0.15) is 27.8 Å². The van der Waals surface area contributed by atoms with Crippen LogP contribution >= 0.6 is 0 Å². The average molecular weight is 484 g/mol. The lowest BCUT2D eigenvalue weighted by Crippen LogP contribution is -2.29. The van der Waals surface area contributed by atoms with Crippen molar-refractivity contribution in [3.63, 3.8) is 0 Å². The topological polar surface area (TPSA) is 124 Å². The second-order valence-electron chi connectivity index (χ2n) is 7.29. The Morgan fingerprint density at radius 2 is 1.62 bits per heavy atom. The number of fused-ring (bicyclic) bond motifs is 1. The van der Waals surface area contributed by atoms with Gasteiger partial charge in [-0.2, -0.15) is 0 Å². The molecule has 0 fully saturated rings. The van der Waals surface area contributed by atoms with Gasteiger partial charge in [-0.15, -0.1) is 0 Å². The van der Waals surface area contributed by atoms with E-state index in [0.29, 0.717) is 17.1 Å². The highest BCUT2D eigenvalue weighted by molar-refractivity contribution is 7.92. The van der Waals surface area contributed by atoms with Crippen molar-refractivity contribution in [1.82, 2.24) is 9.88 Å². The highest BCUT2D eigenvalue weighted by atomic mass is 32.2. The van der Waals surface area contributed by atoms with Crippen LogP contribution in [0.2, 0.25) is 0 Å². The molecule has 0 saturated heterocycles. The summed E-state index contributed by atoms with van der Waals surface area (Å²) in [5.74, 6) is -0.138. The van der Waals surface area contributed by atoms with Gasteiger partial charge in [0.25, 0.3) is 21.8 Å². The van der Waals surface area contributed by atoms with Crippen molar-refractivity contribution in [3.05, 3.63) is 71.5 Å². The maximum atomic E-state index is 13.2. The number of anilines is 1. The molecule has 2 amide bonds. The average Bonchev–Trinajstić information content (AvgIpc) is 3.08. The zero-order chi connectivity index (χ0) is 24.5. The van der Waals surface area contributed by atoms with Crippen LogP contribution in [0.4, 0.5) is 5.69 Å². The summed E-state index contributed by atoms with van der Waals surface area (Å²) in [6, 6.07) is 12.1. The summed E-state index contributed by atoms with van der Waals surface area (Å²) >= 11 is 0. The van der Waals surface area contributed by atoms with Crippen LogP contribution in [0.1, 0.15) is 26.4 Å². The smallest absolute Gasteiger partial charge is 0.280 e. The Kier molecular flexibility index (Phi) is 6.12. The predicted octanol–water partition coefficient (Wildman–Crippen LogP) is 2.70. The molecule has 0 bridgehead atoms.